The second-order valence-corrected chi connectivity index (χ2v) is 18.1. The van der Waals surface area contributed by atoms with Crippen LogP contribution in [0.25, 0.3) is 0 Å². The van der Waals surface area contributed by atoms with Gasteiger partial charge >= 0.3 is 17.9 Å². The number of carbonyl (C=O) groups excluding carboxylic acids is 3. The molecular weight excluding hydrogens is 793 g/mol. The van der Waals surface area contributed by atoms with Gasteiger partial charge in [-0.05, 0) is 89.9 Å². The molecule has 0 saturated carbocycles. The van der Waals surface area contributed by atoms with Gasteiger partial charge in [0, 0.05) is 19.3 Å². The Labute approximate surface area is 396 Å². The lowest BCUT2D eigenvalue weighted by molar-refractivity contribution is -0.167. The van der Waals surface area contributed by atoms with E-state index >= 15 is 0 Å². The molecule has 0 bridgehead atoms. The molecule has 0 heterocycles. The summed E-state index contributed by atoms with van der Waals surface area (Å²) < 4.78 is 16.8. The lowest BCUT2D eigenvalue weighted by Crippen LogP contribution is -2.30. The first-order valence-electron chi connectivity index (χ1n) is 27.3. The van der Waals surface area contributed by atoms with Crippen LogP contribution in [0.15, 0.2) is 60.8 Å². The molecule has 0 aromatic carbocycles. The fourth-order valence-corrected chi connectivity index (χ4v) is 7.60. The lowest BCUT2D eigenvalue weighted by atomic mass is 10.0. The fraction of sp³-hybridized carbons (Fsp3) is 0.776. The smallest absolute Gasteiger partial charge is 0.306 e. The zero-order valence-electron chi connectivity index (χ0n) is 42.3. The Morgan fingerprint density at radius 3 is 0.938 bits per heavy atom. The summed E-state index contributed by atoms with van der Waals surface area (Å²) in [5.41, 5.74) is 0. The van der Waals surface area contributed by atoms with Crippen molar-refractivity contribution in [3.05, 3.63) is 60.8 Å². The molecule has 64 heavy (non-hydrogen) atoms. The first-order valence-corrected chi connectivity index (χ1v) is 27.3. The third kappa shape index (κ3) is 50.1. The highest BCUT2D eigenvalue weighted by molar-refractivity contribution is 5.71. The van der Waals surface area contributed by atoms with Gasteiger partial charge in [0.2, 0.25) is 0 Å². The molecule has 0 spiro atoms. The molecule has 0 radical (unpaired) electrons. The maximum Gasteiger partial charge on any atom is 0.306 e. The van der Waals surface area contributed by atoms with Gasteiger partial charge in [-0.3, -0.25) is 14.4 Å². The minimum Gasteiger partial charge on any atom is -0.462 e. The molecule has 0 aliphatic carbocycles. The third-order valence-electron chi connectivity index (χ3n) is 11.7. The topological polar surface area (TPSA) is 78.9 Å². The summed E-state index contributed by atoms with van der Waals surface area (Å²) in [6.45, 7) is 6.56. The van der Waals surface area contributed by atoms with Crippen molar-refractivity contribution in [1.82, 2.24) is 0 Å². The molecule has 0 N–H and O–H groups in total. The summed E-state index contributed by atoms with van der Waals surface area (Å²) in [5, 5.41) is 0. The average molecular weight is 895 g/mol. The van der Waals surface area contributed by atoms with Crippen LogP contribution in [-0.2, 0) is 28.6 Å². The summed E-state index contributed by atoms with van der Waals surface area (Å²) in [4.78, 5) is 38.0. The van der Waals surface area contributed by atoms with Gasteiger partial charge in [0.25, 0.3) is 0 Å². The Hall–Kier alpha value is -2.89. The number of carbonyl (C=O) groups is 3. The zero-order chi connectivity index (χ0) is 46.5. The van der Waals surface area contributed by atoms with Crippen molar-refractivity contribution in [2.75, 3.05) is 13.2 Å². The van der Waals surface area contributed by atoms with Crippen LogP contribution in [0, 0.1) is 0 Å². The van der Waals surface area contributed by atoms with E-state index in [4.69, 9.17) is 14.2 Å². The maximum atomic E-state index is 12.8. The molecule has 0 fully saturated rings. The summed E-state index contributed by atoms with van der Waals surface area (Å²) in [6, 6.07) is 0. The molecule has 0 rings (SSSR count). The predicted molar refractivity (Wildman–Crippen MR) is 275 cm³/mol. The van der Waals surface area contributed by atoms with Gasteiger partial charge in [0.05, 0.1) is 0 Å². The van der Waals surface area contributed by atoms with Crippen LogP contribution in [0.4, 0.5) is 0 Å². The molecule has 0 aromatic heterocycles. The van der Waals surface area contributed by atoms with E-state index in [9.17, 15) is 14.4 Å². The Morgan fingerprint density at radius 2 is 0.562 bits per heavy atom. The Bertz CT molecular complexity index is 1170. The van der Waals surface area contributed by atoms with Crippen LogP contribution in [0.2, 0.25) is 0 Å². The highest BCUT2D eigenvalue weighted by Gasteiger charge is 2.19. The average Bonchev–Trinajstić information content (AvgIpc) is 3.29. The summed E-state index contributed by atoms with van der Waals surface area (Å²) >= 11 is 0. The molecule has 1 atom stereocenters. The molecule has 0 aliphatic rings. The van der Waals surface area contributed by atoms with Crippen LogP contribution in [0.5, 0.6) is 0 Å². The van der Waals surface area contributed by atoms with Crippen LogP contribution in [0.3, 0.4) is 0 Å². The van der Waals surface area contributed by atoms with Gasteiger partial charge in [-0.1, -0.05) is 223 Å². The number of hydrogen-bond acceptors (Lipinski definition) is 6. The Kier molecular flexibility index (Phi) is 50.4. The van der Waals surface area contributed by atoms with Crippen molar-refractivity contribution in [1.29, 1.82) is 0 Å². The van der Waals surface area contributed by atoms with Crippen LogP contribution < -0.4 is 0 Å². The molecule has 0 aromatic rings. The van der Waals surface area contributed by atoms with Crippen LogP contribution in [-0.4, -0.2) is 37.2 Å². The highest BCUT2D eigenvalue weighted by Crippen LogP contribution is 2.15. The highest BCUT2D eigenvalue weighted by atomic mass is 16.6. The number of ether oxygens (including phenoxy) is 3. The van der Waals surface area contributed by atoms with E-state index in [-0.39, 0.29) is 37.5 Å². The monoisotopic (exact) mass is 895 g/mol. The Morgan fingerprint density at radius 1 is 0.312 bits per heavy atom. The second kappa shape index (κ2) is 52.7. The van der Waals surface area contributed by atoms with Crippen molar-refractivity contribution in [2.45, 2.75) is 277 Å². The fourth-order valence-electron chi connectivity index (χ4n) is 7.60. The largest absolute Gasteiger partial charge is 0.462 e. The first kappa shape index (κ1) is 61.1. The van der Waals surface area contributed by atoms with Gasteiger partial charge in [-0.25, -0.2) is 0 Å². The molecule has 0 aliphatic heterocycles. The van der Waals surface area contributed by atoms with Crippen molar-refractivity contribution >= 4 is 17.9 Å². The number of rotatable bonds is 49. The van der Waals surface area contributed by atoms with Crippen molar-refractivity contribution < 1.29 is 28.6 Å². The van der Waals surface area contributed by atoms with E-state index in [0.717, 1.165) is 77.0 Å². The SMILES string of the molecule is CCCCC/C=C\C/C=C\C/C=C\CCCCC(=O)O[C@@H](COC(=O)CCCCCCCCC/C=C\C/C=C\CCCCC)COC(=O)CCCCCCCCCCCCCCCC. The number of unbranched alkanes of at least 4 members (excludes halogenated alkanes) is 28. The molecule has 6 heteroatoms. The Balaban J connectivity index is 4.43. The molecule has 0 unspecified atom stereocenters. The number of hydrogen-bond donors (Lipinski definition) is 0. The van der Waals surface area contributed by atoms with E-state index in [1.54, 1.807) is 0 Å². The van der Waals surface area contributed by atoms with Crippen LogP contribution >= 0.6 is 0 Å². The van der Waals surface area contributed by atoms with E-state index in [0.29, 0.717) is 19.3 Å². The maximum absolute atomic E-state index is 12.8. The predicted octanol–water partition coefficient (Wildman–Crippen LogP) is 18.0. The van der Waals surface area contributed by atoms with E-state index in [1.807, 2.05) is 0 Å². The second-order valence-electron chi connectivity index (χ2n) is 18.1. The van der Waals surface area contributed by atoms with Gasteiger partial charge in [0.1, 0.15) is 13.2 Å². The van der Waals surface area contributed by atoms with Gasteiger partial charge < -0.3 is 14.2 Å². The van der Waals surface area contributed by atoms with Crippen LogP contribution in [0.1, 0.15) is 271 Å². The molecule has 0 saturated heterocycles. The van der Waals surface area contributed by atoms with Crippen molar-refractivity contribution in [3.8, 4) is 0 Å². The molecule has 370 valence electrons. The minimum atomic E-state index is -0.795. The molecule has 6 nitrogen and oxygen atoms in total. The molecule has 0 amide bonds. The van der Waals surface area contributed by atoms with Gasteiger partial charge in [-0.15, -0.1) is 0 Å². The van der Waals surface area contributed by atoms with Crippen molar-refractivity contribution in [3.63, 3.8) is 0 Å². The minimum absolute atomic E-state index is 0.0900. The summed E-state index contributed by atoms with van der Waals surface area (Å²) in [7, 11) is 0. The number of allylic oxidation sites excluding steroid dienone is 10. The van der Waals surface area contributed by atoms with E-state index < -0.39 is 6.10 Å². The first-order chi connectivity index (χ1) is 31.5. The quantitative estimate of drug-likeness (QED) is 0.0262. The lowest BCUT2D eigenvalue weighted by Gasteiger charge is -2.18. The molecular formula is C58H102O6. The summed E-state index contributed by atoms with van der Waals surface area (Å²) in [6.07, 6.45) is 64.9. The van der Waals surface area contributed by atoms with E-state index in [1.165, 1.54) is 148 Å². The van der Waals surface area contributed by atoms with Gasteiger partial charge in [0.15, 0.2) is 6.10 Å². The normalized spacial score (nSPS) is 12.5. The van der Waals surface area contributed by atoms with E-state index in [2.05, 4.69) is 81.5 Å². The standard InChI is InChI=1S/C58H102O6/c1-4-7-10-13-16-19-22-25-28-29-31-33-36-39-42-45-48-51-57(60)63-54-55(53-62-56(59)50-47-44-41-38-35-32-27-24-21-18-15-12-9-6-3)64-58(61)52-49-46-43-40-37-34-30-26-23-20-17-14-11-8-5-2/h16-17,19-20,25-26,28,30,37,40,55H,4-15,18,21-24,27,29,31-36,38-39,41-54H2,1-3H3/b19-16-,20-17-,28-25-,30-26-,40-37-/t55-/m1/s1. The van der Waals surface area contributed by atoms with Gasteiger partial charge in [-0.2, -0.15) is 0 Å². The zero-order valence-corrected chi connectivity index (χ0v) is 42.3. The number of esters is 3. The van der Waals surface area contributed by atoms with Crippen molar-refractivity contribution in [2.24, 2.45) is 0 Å². The summed E-state index contributed by atoms with van der Waals surface area (Å²) in [5.74, 6) is -0.929. The third-order valence-corrected chi connectivity index (χ3v) is 11.7.